The van der Waals surface area contributed by atoms with E-state index in [4.69, 9.17) is 4.52 Å². The highest BCUT2D eigenvalue weighted by molar-refractivity contribution is 7.99. The van der Waals surface area contributed by atoms with E-state index >= 15 is 0 Å². The number of hydrogen-bond donors (Lipinski definition) is 0. The summed E-state index contributed by atoms with van der Waals surface area (Å²) in [6, 6.07) is 18.0. The van der Waals surface area contributed by atoms with Crippen LogP contribution in [-0.4, -0.2) is 40.6 Å². The molecule has 0 fully saturated rings. The molecule has 0 unspecified atom stereocenters. The Balaban J connectivity index is 1.26. The Labute approximate surface area is 195 Å². The maximum Gasteiger partial charge on any atom is 0.226 e. The average molecular weight is 456 g/mol. The minimum Gasteiger partial charge on any atom is -0.339 e. The summed E-state index contributed by atoms with van der Waals surface area (Å²) in [6.45, 7) is 0.694. The summed E-state index contributed by atoms with van der Waals surface area (Å²) in [7, 11) is 0. The van der Waals surface area contributed by atoms with Crippen molar-refractivity contribution in [3.8, 4) is 22.8 Å². The lowest BCUT2D eigenvalue weighted by Gasteiger charge is -2.10. The smallest absolute Gasteiger partial charge is 0.226 e. The van der Waals surface area contributed by atoms with Crippen molar-refractivity contribution in [2.24, 2.45) is 0 Å². The van der Waals surface area contributed by atoms with Gasteiger partial charge in [-0.05, 0) is 36.2 Å². The van der Waals surface area contributed by atoms with Crippen LogP contribution in [0.3, 0.4) is 0 Å². The minimum atomic E-state index is 0.587. The summed E-state index contributed by atoms with van der Waals surface area (Å²) in [5.74, 6) is 2.88. The van der Waals surface area contributed by atoms with Gasteiger partial charge in [0.15, 0.2) is 11.0 Å². The highest BCUT2D eigenvalue weighted by atomic mass is 32.2. The van der Waals surface area contributed by atoms with E-state index in [0.29, 0.717) is 24.7 Å². The first-order chi connectivity index (χ1) is 16.4. The molecule has 33 heavy (non-hydrogen) atoms. The Morgan fingerprint density at radius 2 is 1.73 bits per heavy atom. The van der Waals surface area contributed by atoms with Crippen molar-refractivity contribution in [1.29, 1.82) is 0 Å². The van der Waals surface area contributed by atoms with E-state index in [0.717, 1.165) is 34.3 Å². The predicted octanol–water partition coefficient (Wildman–Crippen LogP) is 4.56. The van der Waals surface area contributed by atoms with E-state index in [1.54, 1.807) is 30.4 Å². The fourth-order valence-electron chi connectivity index (χ4n) is 3.37. The third-order valence-electron chi connectivity index (χ3n) is 4.99. The lowest BCUT2D eigenvalue weighted by molar-refractivity contribution is 0.378. The molecule has 0 aliphatic rings. The molecule has 0 saturated heterocycles. The van der Waals surface area contributed by atoms with Crippen LogP contribution in [0.5, 0.6) is 0 Å². The third-order valence-corrected chi connectivity index (χ3v) is 6.05. The molecule has 5 aromatic rings. The second-order valence-electron chi connectivity index (χ2n) is 7.32. The molecule has 9 heteroatoms. The standard InChI is InChI=1S/C24H21N7OS/c1-2-6-18(7-3-1)17-31-23(20-8-4-12-26-16-20)28-29-24(31)33-15-5-9-21-27-22(30-32-21)19-10-13-25-14-11-19/h1-4,6-8,10-14,16H,5,9,15,17H2. The van der Waals surface area contributed by atoms with Gasteiger partial charge in [-0.15, -0.1) is 10.2 Å². The molecule has 164 valence electrons. The van der Waals surface area contributed by atoms with Gasteiger partial charge in [0.1, 0.15) is 0 Å². The summed E-state index contributed by atoms with van der Waals surface area (Å²) < 4.78 is 7.55. The van der Waals surface area contributed by atoms with Crippen molar-refractivity contribution in [2.75, 3.05) is 5.75 Å². The van der Waals surface area contributed by atoms with Gasteiger partial charge < -0.3 is 4.52 Å². The summed E-state index contributed by atoms with van der Waals surface area (Å²) in [6.07, 6.45) is 8.59. The van der Waals surface area contributed by atoms with E-state index in [2.05, 4.69) is 47.0 Å². The van der Waals surface area contributed by atoms with Crippen molar-refractivity contribution in [3.05, 3.63) is 90.8 Å². The number of hydrogen-bond acceptors (Lipinski definition) is 8. The van der Waals surface area contributed by atoms with Gasteiger partial charge in [0.05, 0.1) is 6.54 Å². The first-order valence-corrected chi connectivity index (χ1v) is 11.6. The van der Waals surface area contributed by atoms with E-state index in [9.17, 15) is 0 Å². The molecule has 0 bridgehead atoms. The monoisotopic (exact) mass is 455 g/mol. The number of pyridine rings is 2. The van der Waals surface area contributed by atoms with Crippen LogP contribution < -0.4 is 0 Å². The van der Waals surface area contributed by atoms with Gasteiger partial charge in [0.25, 0.3) is 0 Å². The summed E-state index contributed by atoms with van der Waals surface area (Å²) >= 11 is 1.68. The lowest BCUT2D eigenvalue weighted by atomic mass is 10.2. The molecule has 0 amide bonds. The molecular formula is C24H21N7OS. The summed E-state index contributed by atoms with van der Waals surface area (Å²) in [5, 5.41) is 13.9. The molecule has 5 rings (SSSR count). The highest BCUT2D eigenvalue weighted by Crippen LogP contribution is 2.25. The number of aryl methyl sites for hydroxylation is 1. The maximum absolute atomic E-state index is 5.41. The number of nitrogens with zero attached hydrogens (tertiary/aromatic N) is 7. The number of aromatic nitrogens is 7. The van der Waals surface area contributed by atoms with Gasteiger partial charge in [-0.2, -0.15) is 4.98 Å². The predicted molar refractivity (Wildman–Crippen MR) is 125 cm³/mol. The zero-order valence-corrected chi connectivity index (χ0v) is 18.6. The van der Waals surface area contributed by atoms with Gasteiger partial charge in [-0.3, -0.25) is 14.5 Å². The molecule has 0 N–H and O–H groups in total. The quantitative estimate of drug-likeness (QED) is 0.236. The second-order valence-corrected chi connectivity index (χ2v) is 8.38. The minimum absolute atomic E-state index is 0.587. The van der Waals surface area contributed by atoms with Crippen LogP contribution in [0.2, 0.25) is 0 Å². The molecule has 0 atom stereocenters. The summed E-state index contributed by atoms with van der Waals surface area (Å²) in [5.41, 5.74) is 3.03. The van der Waals surface area contributed by atoms with Gasteiger partial charge in [0.2, 0.25) is 11.7 Å². The van der Waals surface area contributed by atoms with Crippen molar-refractivity contribution in [2.45, 2.75) is 24.5 Å². The zero-order chi connectivity index (χ0) is 22.3. The fourth-order valence-corrected chi connectivity index (χ4v) is 4.25. The zero-order valence-electron chi connectivity index (χ0n) is 17.8. The maximum atomic E-state index is 5.41. The largest absolute Gasteiger partial charge is 0.339 e. The molecule has 0 saturated carbocycles. The lowest BCUT2D eigenvalue weighted by Crippen LogP contribution is -2.04. The van der Waals surface area contributed by atoms with Crippen LogP contribution in [0.1, 0.15) is 17.9 Å². The van der Waals surface area contributed by atoms with Crippen molar-refractivity contribution in [1.82, 2.24) is 34.9 Å². The Morgan fingerprint density at radius 3 is 2.55 bits per heavy atom. The van der Waals surface area contributed by atoms with Gasteiger partial charge >= 0.3 is 0 Å². The highest BCUT2D eigenvalue weighted by Gasteiger charge is 2.15. The van der Waals surface area contributed by atoms with Gasteiger partial charge in [0, 0.05) is 48.1 Å². The molecule has 4 heterocycles. The topological polar surface area (TPSA) is 95.4 Å². The van der Waals surface area contributed by atoms with Crippen LogP contribution in [0.15, 0.2) is 89.1 Å². The normalized spacial score (nSPS) is 11.0. The van der Waals surface area contributed by atoms with E-state index < -0.39 is 0 Å². The molecule has 8 nitrogen and oxygen atoms in total. The molecule has 1 aromatic carbocycles. The SMILES string of the molecule is c1ccc(Cn2c(SCCCc3nc(-c4ccncc4)no3)nnc2-c2cccnc2)cc1. The van der Waals surface area contributed by atoms with E-state index in [1.165, 1.54) is 5.56 Å². The molecule has 4 aromatic heterocycles. The third kappa shape index (κ3) is 5.15. The fraction of sp³-hybridized carbons (Fsp3) is 0.167. The Hall–Kier alpha value is -3.85. The van der Waals surface area contributed by atoms with Crippen molar-refractivity contribution in [3.63, 3.8) is 0 Å². The second kappa shape index (κ2) is 10.2. The summed E-state index contributed by atoms with van der Waals surface area (Å²) in [4.78, 5) is 12.7. The molecular weight excluding hydrogens is 434 g/mol. The van der Waals surface area contributed by atoms with Crippen LogP contribution in [0, 0.1) is 0 Å². The first-order valence-electron chi connectivity index (χ1n) is 10.6. The molecule has 0 radical (unpaired) electrons. The number of benzene rings is 1. The van der Waals surface area contributed by atoms with Crippen LogP contribution in [0.25, 0.3) is 22.8 Å². The van der Waals surface area contributed by atoms with Gasteiger partial charge in [-0.1, -0.05) is 47.3 Å². The van der Waals surface area contributed by atoms with Crippen molar-refractivity contribution < 1.29 is 4.52 Å². The molecule has 0 aliphatic carbocycles. The number of rotatable bonds is 9. The first kappa shape index (κ1) is 21.0. The van der Waals surface area contributed by atoms with E-state index in [-0.39, 0.29) is 0 Å². The molecule has 0 aliphatic heterocycles. The van der Waals surface area contributed by atoms with Crippen LogP contribution >= 0.6 is 11.8 Å². The molecule has 0 spiro atoms. The Kier molecular flexibility index (Phi) is 6.48. The average Bonchev–Trinajstić information content (AvgIpc) is 3.51. The Bertz CT molecular complexity index is 1290. The van der Waals surface area contributed by atoms with Crippen LogP contribution in [-0.2, 0) is 13.0 Å². The van der Waals surface area contributed by atoms with E-state index in [1.807, 2.05) is 48.7 Å². The van der Waals surface area contributed by atoms with Crippen molar-refractivity contribution >= 4 is 11.8 Å². The van der Waals surface area contributed by atoms with Gasteiger partial charge in [-0.25, -0.2) is 0 Å². The number of thioether (sulfide) groups is 1. The Morgan fingerprint density at radius 1 is 0.848 bits per heavy atom. The van der Waals surface area contributed by atoms with Crippen LogP contribution in [0.4, 0.5) is 0 Å².